The maximum Gasteiger partial charge on any atom is 0.265 e. The number of fused-ring (bicyclic) bond motifs is 1. The Morgan fingerprint density at radius 3 is 2.48 bits per heavy atom. The van der Waals surface area contributed by atoms with Crippen LogP contribution in [0.5, 0.6) is 0 Å². The molecule has 0 fully saturated rings. The van der Waals surface area contributed by atoms with E-state index in [-0.39, 0.29) is 38.7 Å². The number of nitrogens with zero attached hydrogens (tertiary/aromatic N) is 3. The fourth-order valence-corrected chi connectivity index (χ4v) is 5.57. The Hall–Kier alpha value is -2.39. The van der Waals surface area contributed by atoms with Crippen molar-refractivity contribution in [3.63, 3.8) is 0 Å². The minimum atomic E-state index is -3.92. The van der Waals surface area contributed by atoms with Crippen LogP contribution < -0.4 is 9.62 Å². The number of sulfonamides is 1. The molecule has 2 heterocycles. The van der Waals surface area contributed by atoms with E-state index in [1.54, 1.807) is 30.3 Å². The standard InChI is InChI=1S/C20H15Cl3N4O3S/c21-12-4-1-5-13(10-12)31(29,30)27-9-3-8-16-19(27)25-17(11-24-16)26-20(28)18-14(22)6-2-7-15(18)23/h1-2,4-7,10-11H,3,8-9H2,(H,25,26,28). The van der Waals surface area contributed by atoms with E-state index in [1.165, 1.54) is 22.6 Å². The summed E-state index contributed by atoms with van der Waals surface area (Å²) in [7, 11) is -3.92. The van der Waals surface area contributed by atoms with Gasteiger partial charge >= 0.3 is 0 Å². The smallest absolute Gasteiger partial charge is 0.265 e. The maximum absolute atomic E-state index is 13.2. The average molecular weight is 498 g/mol. The van der Waals surface area contributed by atoms with Crippen molar-refractivity contribution in [2.45, 2.75) is 17.7 Å². The van der Waals surface area contributed by atoms with E-state index in [1.807, 2.05) is 0 Å². The van der Waals surface area contributed by atoms with Crippen LogP contribution in [0.25, 0.3) is 0 Å². The van der Waals surface area contributed by atoms with E-state index in [0.29, 0.717) is 23.6 Å². The quantitative estimate of drug-likeness (QED) is 0.557. The third kappa shape index (κ3) is 4.34. The molecule has 3 aromatic rings. The van der Waals surface area contributed by atoms with Gasteiger partial charge in [-0.2, -0.15) is 0 Å². The summed E-state index contributed by atoms with van der Waals surface area (Å²) in [5.41, 5.74) is 0.611. The lowest BCUT2D eigenvalue weighted by molar-refractivity contribution is 0.102. The highest BCUT2D eigenvalue weighted by Gasteiger charge is 2.31. The third-order valence-electron chi connectivity index (χ3n) is 4.65. The average Bonchev–Trinajstić information content (AvgIpc) is 2.73. The number of hydrogen-bond donors (Lipinski definition) is 1. The molecule has 31 heavy (non-hydrogen) atoms. The number of aryl methyl sites for hydroxylation is 1. The minimum absolute atomic E-state index is 0.0481. The number of aromatic nitrogens is 2. The number of amides is 1. The summed E-state index contributed by atoms with van der Waals surface area (Å²) < 4.78 is 27.6. The van der Waals surface area contributed by atoms with Crippen molar-refractivity contribution in [2.75, 3.05) is 16.2 Å². The molecule has 11 heteroatoms. The maximum atomic E-state index is 13.2. The Labute approximate surface area is 194 Å². The molecule has 0 unspecified atom stereocenters. The fourth-order valence-electron chi connectivity index (χ4n) is 3.22. The van der Waals surface area contributed by atoms with E-state index in [9.17, 15) is 13.2 Å². The van der Waals surface area contributed by atoms with Crippen molar-refractivity contribution < 1.29 is 13.2 Å². The summed E-state index contributed by atoms with van der Waals surface area (Å²) in [5.74, 6) is -0.341. The lowest BCUT2D eigenvalue weighted by atomic mass is 10.2. The van der Waals surface area contributed by atoms with Crippen LogP contribution in [-0.2, 0) is 16.4 Å². The number of halogens is 3. The zero-order valence-electron chi connectivity index (χ0n) is 15.8. The van der Waals surface area contributed by atoms with Gasteiger partial charge in [-0.25, -0.2) is 17.7 Å². The molecule has 1 N–H and O–H groups in total. The van der Waals surface area contributed by atoms with Crippen molar-refractivity contribution in [1.29, 1.82) is 0 Å². The van der Waals surface area contributed by atoms with Gasteiger partial charge in [0.05, 0.1) is 32.4 Å². The van der Waals surface area contributed by atoms with Crippen LogP contribution in [0.4, 0.5) is 11.6 Å². The second-order valence-electron chi connectivity index (χ2n) is 6.71. The van der Waals surface area contributed by atoms with E-state index >= 15 is 0 Å². The number of carbonyl (C=O) groups excluding carboxylic acids is 1. The molecule has 0 saturated carbocycles. The van der Waals surface area contributed by atoms with Crippen LogP contribution in [0.3, 0.4) is 0 Å². The summed E-state index contributed by atoms with van der Waals surface area (Å²) in [5, 5.41) is 3.26. The van der Waals surface area contributed by atoms with Crippen LogP contribution in [-0.4, -0.2) is 30.8 Å². The van der Waals surface area contributed by atoms with Crippen molar-refractivity contribution in [3.05, 3.63) is 75.0 Å². The van der Waals surface area contributed by atoms with E-state index in [4.69, 9.17) is 34.8 Å². The highest BCUT2D eigenvalue weighted by atomic mass is 35.5. The Morgan fingerprint density at radius 1 is 1.06 bits per heavy atom. The molecule has 4 rings (SSSR count). The molecule has 1 aliphatic heterocycles. The molecule has 7 nitrogen and oxygen atoms in total. The summed E-state index contributed by atoms with van der Waals surface area (Å²) >= 11 is 18.2. The number of nitrogens with one attached hydrogen (secondary N) is 1. The van der Waals surface area contributed by atoms with Gasteiger partial charge in [-0.3, -0.25) is 9.78 Å². The summed E-state index contributed by atoms with van der Waals surface area (Å²) in [6, 6.07) is 10.7. The molecule has 160 valence electrons. The number of rotatable bonds is 4. The van der Waals surface area contributed by atoms with Gasteiger partial charge < -0.3 is 5.32 Å². The molecule has 0 atom stereocenters. The first kappa shape index (κ1) is 21.8. The van der Waals surface area contributed by atoms with Gasteiger partial charge in [0.15, 0.2) is 11.6 Å². The SMILES string of the molecule is O=C(Nc1cnc2c(n1)N(S(=O)(=O)c1cccc(Cl)c1)CCC2)c1c(Cl)cccc1Cl. The number of carbonyl (C=O) groups is 1. The van der Waals surface area contributed by atoms with Crippen molar-refractivity contribution in [2.24, 2.45) is 0 Å². The normalized spacial score (nSPS) is 13.6. The van der Waals surface area contributed by atoms with Gasteiger partial charge in [0.2, 0.25) is 0 Å². The van der Waals surface area contributed by atoms with Crippen LogP contribution in [0.15, 0.2) is 53.6 Å². The Kier molecular flexibility index (Phi) is 6.07. The van der Waals surface area contributed by atoms with Gasteiger partial charge in [-0.15, -0.1) is 0 Å². The summed E-state index contributed by atoms with van der Waals surface area (Å²) in [4.78, 5) is 21.4. The molecule has 1 amide bonds. The van der Waals surface area contributed by atoms with Crippen LogP contribution >= 0.6 is 34.8 Å². The van der Waals surface area contributed by atoms with Gasteiger partial charge in [0, 0.05) is 11.6 Å². The Morgan fingerprint density at radius 2 is 1.77 bits per heavy atom. The molecule has 0 spiro atoms. The molecular weight excluding hydrogens is 483 g/mol. The molecule has 2 aromatic carbocycles. The molecule has 0 aliphatic carbocycles. The molecule has 1 aliphatic rings. The lowest BCUT2D eigenvalue weighted by Gasteiger charge is -2.29. The Bertz CT molecular complexity index is 1260. The number of anilines is 2. The zero-order chi connectivity index (χ0) is 22.2. The summed E-state index contributed by atoms with van der Waals surface area (Å²) in [6.07, 6.45) is 2.52. The van der Waals surface area contributed by atoms with E-state index in [0.717, 1.165) is 0 Å². The highest BCUT2D eigenvalue weighted by molar-refractivity contribution is 7.92. The summed E-state index contributed by atoms with van der Waals surface area (Å²) in [6.45, 7) is 0.226. The number of benzene rings is 2. The fraction of sp³-hybridized carbons (Fsp3) is 0.150. The minimum Gasteiger partial charge on any atom is -0.305 e. The lowest BCUT2D eigenvalue weighted by Crippen LogP contribution is -2.37. The monoisotopic (exact) mass is 496 g/mol. The Balaban J connectivity index is 1.69. The van der Waals surface area contributed by atoms with Crippen molar-refractivity contribution >= 4 is 62.4 Å². The first-order chi connectivity index (χ1) is 14.8. The van der Waals surface area contributed by atoms with Gasteiger partial charge in [-0.1, -0.05) is 46.9 Å². The van der Waals surface area contributed by atoms with Crippen molar-refractivity contribution in [1.82, 2.24) is 9.97 Å². The topological polar surface area (TPSA) is 92.3 Å². The molecule has 0 saturated heterocycles. The van der Waals surface area contributed by atoms with Gasteiger partial charge in [0.25, 0.3) is 15.9 Å². The third-order valence-corrected chi connectivity index (χ3v) is 7.30. The van der Waals surface area contributed by atoms with Crippen LogP contribution in [0.1, 0.15) is 22.5 Å². The second-order valence-corrected chi connectivity index (χ2v) is 9.83. The first-order valence-electron chi connectivity index (χ1n) is 9.17. The first-order valence-corrected chi connectivity index (χ1v) is 11.7. The van der Waals surface area contributed by atoms with Crippen molar-refractivity contribution in [3.8, 4) is 0 Å². The van der Waals surface area contributed by atoms with Gasteiger partial charge in [0.1, 0.15) is 0 Å². The highest BCUT2D eigenvalue weighted by Crippen LogP contribution is 2.31. The van der Waals surface area contributed by atoms with Crippen LogP contribution in [0.2, 0.25) is 15.1 Å². The number of hydrogen-bond acceptors (Lipinski definition) is 5. The zero-order valence-corrected chi connectivity index (χ0v) is 18.9. The molecule has 1 aromatic heterocycles. The largest absolute Gasteiger partial charge is 0.305 e. The molecular formula is C20H15Cl3N4O3S. The van der Waals surface area contributed by atoms with E-state index < -0.39 is 15.9 Å². The van der Waals surface area contributed by atoms with E-state index in [2.05, 4.69) is 15.3 Å². The second kappa shape index (κ2) is 8.63. The van der Waals surface area contributed by atoms with Gasteiger partial charge in [-0.05, 0) is 43.2 Å². The molecule has 0 radical (unpaired) electrons. The predicted molar refractivity (Wildman–Crippen MR) is 121 cm³/mol. The predicted octanol–water partition coefficient (Wildman–Crippen LogP) is 4.83. The van der Waals surface area contributed by atoms with Crippen LogP contribution in [0, 0.1) is 0 Å². The molecule has 0 bridgehead atoms.